The van der Waals surface area contributed by atoms with E-state index in [2.05, 4.69) is 62.1 Å². The minimum Gasteiger partial charge on any atom is -0.383 e. The lowest BCUT2D eigenvalue weighted by molar-refractivity contribution is 0.647. The molecule has 1 aromatic rings. The van der Waals surface area contributed by atoms with E-state index in [1.54, 1.807) is 0 Å². The topological polar surface area (TPSA) is 24.4 Å². The second-order valence-electron chi connectivity index (χ2n) is 4.94. The summed E-state index contributed by atoms with van der Waals surface area (Å²) in [5.74, 6) is 0.691. The van der Waals surface area contributed by atoms with Crippen molar-refractivity contribution in [2.45, 2.75) is 34.1 Å². The smallest absolute Gasteiger partial charge is 0.0629 e. The Morgan fingerprint density at radius 3 is 2.33 bits per heavy atom. The van der Waals surface area contributed by atoms with E-state index in [1.165, 1.54) is 11.1 Å². The summed E-state index contributed by atoms with van der Waals surface area (Å²) in [7, 11) is 0. The van der Waals surface area contributed by atoms with Gasteiger partial charge in [0, 0.05) is 6.54 Å². The van der Waals surface area contributed by atoms with Gasteiger partial charge in [0.15, 0.2) is 0 Å². The second-order valence-corrected chi connectivity index (χ2v) is 4.94. The van der Waals surface area contributed by atoms with Crippen LogP contribution in [0.25, 0.3) is 5.70 Å². The van der Waals surface area contributed by atoms with E-state index in [4.69, 9.17) is 0 Å². The molecule has 0 aliphatic rings. The lowest BCUT2D eigenvalue weighted by Gasteiger charge is -2.12. The normalized spacial score (nSPS) is 12.3. The van der Waals surface area contributed by atoms with Crippen molar-refractivity contribution in [2.24, 2.45) is 10.9 Å². The summed E-state index contributed by atoms with van der Waals surface area (Å²) in [6.45, 7) is 13.0. The first-order valence-corrected chi connectivity index (χ1v) is 6.59. The molecular weight excluding hydrogens is 220 g/mol. The maximum absolute atomic E-state index is 4.02. The molecule has 0 aliphatic carbocycles. The maximum Gasteiger partial charge on any atom is 0.0629 e. The summed E-state index contributed by atoms with van der Waals surface area (Å²) < 4.78 is 0. The predicted octanol–water partition coefficient (Wildman–Crippen LogP) is 3.88. The van der Waals surface area contributed by atoms with Gasteiger partial charge in [-0.25, -0.2) is 0 Å². The number of aliphatic imine (C=N–C) groups is 1. The molecule has 0 radical (unpaired) electrons. The lowest BCUT2D eigenvalue weighted by Crippen LogP contribution is -2.12. The van der Waals surface area contributed by atoms with Crippen LogP contribution in [0, 0.1) is 5.92 Å². The fraction of sp³-hybridized carbons (Fsp3) is 0.438. The third-order valence-electron chi connectivity index (χ3n) is 2.84. The largest absolute Gasteiger partial charge is 0.383 e. The molecule has 18 heavy (non-hydrogen) atoms. The average molecular weight is 244 g/mol. The van der Waals surface area contributed by atoms with Crippen LogP contribution in [0.2, 0.25) is 0 Å². The summed E-state index contributed by atoms with van der Waals surface area (Å²) in [6, 6.07) is 8.71. The van der Waals surface area contributed by atoms with Crippen molar-refractivity contribution in [1.82, 2.24) is 5.32 Å². The number of benzene rings is 1. The first-order chi connectivity index (χ1) is 8.58. The van der Waals surface area contributed by atoms with Crippen LogP contribution in [-0.4, -0.2) is 13.3 Å². The van der Waals surface area contributed by atoms with Gasteiger partial charge >= 0.3 is 0 Å². The summed E-state index contributed by atoms with van der Waals surface area (Å²) >= 11 is 0. The molecule has 0 saturated carbocycles. The van der Waals surface area contributed by atoms with E-state index in [0.29, 0.717) is 5.92 Å². The molecule has 0 amide bonds. The van der Waals surface area contributed by atoms with Crippen molar-refractivity contribution < 1.29 is 0 Å². The molecule has 0 saturated heterocycles. The predicted molar refractivity (Wildman–Crippen MR) is 80.8 cm³/mol. The lowest BCUT2D eigenvalue weighted by atomic mass is 10.0. The van der Waals surface area contributed by atoms with E-state index < -0.39 is 0 Å². The number of hydrogen-bond acceptors (Lipinski definition) is 2. The van der Waals surface area contributed by atoms with Gasteiger partial charge in [-0.15, -0.1) is 0 Å². The molecule has 0 aliphatic heterocycles. The van der Waals surface area contributed by atoms with Crippen LogP contribution in [0.5, 0.6) is 0 Å². The van der Waals surface area contributed by atoms with Gasteiger partial charge in [0.05, 0.1) is 11.4 Å². The van der Waals surface area contributed by atoms with E-state index >= 15 is 0 Å². The Hall–Kier alpha value is -1.57. The van der Waals surface area contributed by atoms with Crippen LogP contribution in [0.15, 0.2) is 35.0 Å². The average Bonchev–Trinajstić information content (AvgIpc) is 2.35. The number of nitrogens with one attached hydrogen (secondary N) is 1. The Morgan fingerprint density at radius 2 is 1.89 bits per heavy atom. The van der Waals surface area contributed by atoms with Gasteiger partial charge in [-0.1, -0.05) is 38.1 Å². The number of allylic oxidation sites excluding steroid dienone is 1. The minimum absolute atomic E-state index is 0.691. The molecule has 1 aromatic carbocycles. The summed E-state index contributed by atoms with van der Waals surface area (Å²) in [6.07, 6.45) is 1.12. The fourth-order valence-electron chi connectivity index (χ4n) is 1.97. The Kier molecular flexibility index (Phi) is 5.63. The molecule has 0 spiro atoms. The third kappa shape index (κ3) is 4.02. The molecule has 0 bridgehead atoms. The zero-order chi connectivity index (χ0) is 13.5. The van der Waals surface area contributed by atoms with Crippen LogP contribution in [0.4, 0.5) is 0 Å². The standard InChI is InChI=1S/C16H24N2/c1-6-18-16(13(4)17-5)15-9-7-14(8-10-15)11-12(2)3/h7-10,12,18H,5-6,11H2,1-4H3/b16-13-. The fourth-order valence-corrected chi connectivity index (χ4v) is 1.97. The van der Waals surface area contributed by atoms with Crippen molar-refractivity contribution in [3.8, 4) is 0 Å². The first kappa shape index (κ1) is 14.5. The van der Waals surface area contributed by atoms with Crippen LogP contribution in [0.3, 0.4) is 0 Å². The first-order valence-electron chi connectivity index (χ1n) is 6.59. The molecule has 1 rings (SSSR count). The summed E-state index contributed by atoms with van der Waals surface area (Å²) in [5.41, 5.74) is 4.57. The van der Waals surface area contributed by atoms with Crippen molar-refractivity contribution in [2.75, 3.05) is 6.54 Å². The highest BCUT2D eigenvalue weighted by molar-refractivity contribution is 5.67. The molecule has 98 valence electrons. The van der Waals surface area contributed by atoms with Crippen LogP contribution in [0.1, 0.15) is 38.8 Å². The van der Waals surface area contributed by atoms with Crippen molar-refractivity contribution in [1.29, 1.82) is 0 Å². The molecular formula is C16H24N2. The van der Waals surface area contributed by atoms with E-state index in [-0.39, 0.29) is 0 Å². The zero-order valence-electron chi connectivity index (χ0n) is 12.0. The molecule has 0 heterocycles. The van der Waals surface area contributed by atoms with Crippen molar-refractivity contribution in [3.63, 3.8) is 0 Å². The number of nitrogens with zero attached hydrogens (tertiary/aromatic N) is 1. The van der Waals surface area contributed by atoms with Gasteiger partial charge in [0.25, 0.3) is 0 Å². The molecule has 2 heteroatoms. The Morgan fingerprint density at radius 1 is 1.28 bits per heavy atom. The summed E-state index contributed by atoms with van der Waals surface area (Å²) in [5, 5.41) is 3.36. The van der Waals surface area contributed by atoms with Crippen molar-refractivity contribution in [3.05, 3.63) is 41.1 Å². The molecule has 0 fully saturated rings. The van der Waals surface area contributed by atoms with Crippen LogP contribution in [-0.2, 0) is 6.42 Å². The van der Waals surface area contributed by atoms with Gasteiger partial charge in [0.2, 0.25) is 0 Å². The highest BCUT2D eigenvalue weighted by Crippen LogP contribution is 2.18. The van der Waals surface area contributed by atoms with Crippen molar-refractivity contribution >= 4 is 12.4 Å². The SMILES string of the molecule is C=N/C(C)=C(\NCC)c1ccc(CC(C)C)cc1. The van der Waals surface area contributed by atoms with E-state index in [0.717, 1.165) is 24.4 Å². The van der Waals surface area contributed by atoms with Gasteiger partial charge in [-0.05, 0) is 44.0 Å². The Labute approximate surface area is 111 Å². The molecule has 2 nitrogen and oxygen atoms in total. The molecule has 1 N–H and O–H groups in total. The number of rotatable bonds is 6. The van der Waals surface area contributed by atoms with Crippen LogP contribution < -0.4 is 5.32 Å². The summed E-state index contributed by atoms with van der Waals surface area (Å²) in [4.78, 5) is 4.02. The third-order valence-corrected chi connectivity index (χ3v) is 2.84. The second kappa shape index (κ2) is 7.00. The quantitative estimate of drug-likeness (QED) is 0.754. The van der Waals surface area contributed by atoms with Gasteiger partial charge in [-0.2, -0.15) is 0 Å². The highest BCUT2D eigenvalue weighted by atomic mass is 14.9. The Bertz CT molecular complexity index is 413. The molecule has 0 aromatic heterocycles. The van der Waals surface area contributed by atoms with Gasteiger partial charge < -0.3 is 5.32 Å². The molecule has 0 unspecified atom stereocenters. The molecule has 0 atom stereocenters. The van der Waals surface area contributed by atoms with Gasteiger partial charge in [-0.3, -0.25) is 4.99 Å². The van der Waals surface area contributed by atoms with E-state index in [9.17, 15) is 0 Å². The zero-order valence-corrected chi connectivity index (χ0v) is 12.0. The minimum atomic E-state index is 0.691. The number of hydrogen-bond donors (Lipinski definition) is 1. The monoisotopic (exact) mass is 244 g/mol. The Balaban J connectivity index is 2.98. The maximum atomic E-state index is 4.02. The van der Waals surface area contributed by atoms with Crippen LogP contribution >= 0.6 is 0 Å². The highest BCUT2D eigenvalue weighted by Gasteiger charge is 2.05. The van der Waals surface area contributed by atoms with Gasteiger partial charge in [0.1, 0.15) is 0 Å². The van der Waals surface area contributed by atoms with E-state index in [1.807, 2.05) is 6.92 Å².